The quantitative estimate of drug-likeness (QED) is 0.294. The van der Waals surface area contributed by atoms with Gasteiger partial charge in [0.2, 0.25) is 0 Å². The summed E-state index contributed by atoms with van der Waals surface area (Å²) in [5.41, 5.74) is 2.64. The lowest BCUT2D eigenvalue weighted by Gasteiger charge is -2.09. The number of allylic oxidation sites excluding steroid dienone is 2. The van der Waals surface area contributed by atoms with E-state index in [0.29, 0.717) is 16.2 Å². The molecule has 0 spiro atoms. The van der Waals surface area contributed by atoms with Gasteiger partial charge in [0.25, 0.3) is 11.8 Å². The van der Waals surface area contributed by atoms with Crippen LogP contribution in [0.1, 0.15) is 65.7 Å². The second-order valence-electron chi connectivity index (χ2n) is 6.55. The normalized spacial score (nSPS) is 19.8. The van der Waals surface area contributed by atoms with E-state index < -0.39 is 11.8 Å². The van der Waals surface area contributed by atoms with E-state index in [1.54, 1.807) is 24.3 Å². The van der Waals surface area contributed by atoms with Gasteiger partial charge in [-0.25, -0.2) is 9.88 Å². The number of rotatable bonds is 3. The smallest absolute Gasteiger partial charge is 0.266 e. The van der Waals surface area contributed by atoms with Crippen molar-refractivity contribution in [2.75, 3.05) is 0 Å². The molecular weight excluding hydrogens is 334 g/mol. The molecule has 134 valence electrons. The molecule has 0 atom stereocenters. The van der Waals surface area contributed by atoms with E-state index in [0.717, 1.165) is 56.4 Å². The Morgan fingerprint density at radius 2 is 1.69 bits per heavy atom. The maximum atomic E-state index is 12.3. The van der Waals surface area contributed by atoms with Crippen LogP contribution in [0.15, 0.2) is 41.0 Å². The number of imide groups is 1. The van der Waals surface area contributed by atoms with Crippen LogP contribution in [0.3, 0.4) is 0 Å². The summed E-state index contributed by atoms with van der Waals surface area (Å²) in [7, 11) is 0. The van der Waals surface area contributed by atoms with Gasteiger partial charge >= 0.3 is 6.02 Å². The summed E-state index contributed by atoms with van der Waals surface area (Å²) in [5, 5.41) is 0.629. The van der Waals surface area contributed by atoms with Crippen molar-refractivity contribution >= 4 is 23.5 Å². The van der Waals surface area contributed by atoms with Gasteiger partial charge < -0.3 is 0 Å². The van der Waals surface area contributed by atoms with Crippen LogP contribution in [0.4, 0.5) is 0 Å². The van der Waals surface area contributed by atoms with Gasteiger partial charge in [-0.2, -0.15) is 0 Å². The molecule has 7 heteroatoms. The van der Waals surface area contributed by atoms with Gasteiger partial charge in [0.05, 0.1) is 11.1 Å². The molecule has 7 nitrogen and oxygen atoms in total. The highest BCUT2D eigenvalue weighted by Crippen LogP contribution is 2.23. The van der Waals surface area contributed by atoms with Crippen LogP contribution in [0.25, 0.3) is 0 Å². The molecule has 0 saturated heterocycles. The summed E-state index contributed by atoms with van der Waals surface area (Å²) >= 11 is 0. The number of carbonyl (C=O) groups excluding carboxylic acids is 2. The topological polar surface area (TPSA) is 82.2 Å². The van der Waals surface area contributed by atoms with E-state index >= 15 is 0 Å². The lowest BCUT2D eigenvalue weighted by Crippen LogP contribution is -2.71. The van der Waals surface area contributed by atoms with E-state index in [4.69, 9.17) is 9.88 Å². The number of hydroxylamine groups is 2. The first-order chi connectivity index (χ1) is 12.7. The number of nitrogens with zero attached hydrogens (tertiary/aromatic N) is 2. The van der Waals surface area contributed by atoms with Gasteiger partial charge in [0, 0.05) is 19.3 Å². The van der Waals surface area contributed by atoms with Gasteiger partial charge in [0.15, 0.2) is 0 Å². The molecule has 1 fully saturated rings. The third-order valence-corrected chi connectivity index (χ3v) is 4.70. The standard InChI is InChI=1S/C19H19N3O4/c23-17-15-11-5-6-12-16(15)18(24)22(17)26-25-19(20-13-7-1-2-8-13)21-14-9-3-4-10-14/h5-7,11-12H,1-4,8-10H2/p+1. The number of benzene rings is 1. The molecule has 1 N–H and O–H groups in total. The van der Waals surface area contributed by atoms with Crippen molar-refractivity contribution in [2.24, 2.45) is 4.99 Å². The maximum absolute atomic E-state index is 12.3. The Morgan fingerprint density at radius 1 is 1.00 bits per heavy atom. The van der Waals surface area contributed by atoms with Crippen molar-refractivity contribution in [1.29, 1.82) is 0 Å². The van der Waals surface area contributed by atoms with Crippen molar-refractivity contribution in [1.82, 2.24) is 5.06 Å². The maximum Gasteiger partial charge on any atom is 0.529 e. The molecule has 2 aliphatic carbocycles. The van der Waals surface area contributed by atoms with Crippen LogP contribution >= 0.6 is 0 Å². The van der Waals surface area contributed by atoms with Crippen molar-refractivity contribution in [2.45, 2.75) is 44.9 Å². The largest absolute Gasteiger partial charge is 0.529 e. The van der Waals surface area contributed by atoms with Crippen molar-refractivity contribution < 1.29 is 24.5 Å². The molecule has 1 aromatic carbocycles. The van der Waals surface area contributed by atoms with E-state index in [-0.39, 0.29) is 6.02 Å². The zero-order chi connectivity index (χ0) is 17.9. The fraction of sp³-hybridized carbons (Fsp3) is 0.368. The molecule has 1 heterocycles. The van der Waals surface area contributed by atoms with Gasteiger partial charge in [-0.05, 0) is 53.9 Å². The second-order valence-corrected chi connectivity index (χ2v) is 6.55. The summed E-state index contributed by atoms with van der Waals surface area (Å²) in [6.45, 7) is 0. The summed E-state index contributed by atoms with van der Waals surface area (Å²) in [6, 6.07) is 6.73. The average molecular weight is 354 g/mol. The van der Waals surface area contributed by atoms with E-state index in [9.17, 15) is 9.59 Å². The first-order valence-electron chi connectivity index (χ1n) is 8.94. The number of carbonyl (C=O) groups is 2. The van der Waals surface area contributed by atoms with E-state index in [1.807, 2.05) is 0 Å². The average Bonchev–Trinajstić information content (AvgIpc) is 3.38. The predicted octanol–water partition coefficient (Wildman–Crippen LogP) is 1.67. The molecule has 1 aliphatic heterocycles. The number of fused-ring (bicyclic) bond motifs is 1. The minimum atomic E-state index is -0.543. The van der Waals surface area contributed by atoms with Gasteiger partial charge in [0.1, 0.15) is 11.4 Å². The van der Waals surface area contributed by atoms with Crippen molar-refractivity contribution in [3.05, 3.63) is 47.2 Å². The molecule has 0 unspecified atom stereocenters. The fourth-order valence-electron chi connectivity index (χ4n) is 3.34. The van der Waals surface area contributed by atoms with Gasteiger partial charge in [-0.15, -0.1) is 5.06 Å². The minimum absolute atomic E-state index is 0.159. The van der Waals surface area contributed by atoms with Crippen LogP contribution in [-0.4, -0.2) is 28.6 Å². The third-order valence-electron chi connectivity index (χ3n) is 4.70. The molecule has 4 rings (SSSR count). The second kappa shape index (κ2) is 7.21. The van der Waals surface area contributed by atoms with Crippen molar-refractivity contribution in [3.63, 3.8) is 0 Å². The summed E-state index contributed by atoms with van der Waals surface area (Å²) < 4.78 is 0. The van der Waals surface area contributed by atoms with Crippen LogP contribution in [0, 0.1) is 0 Å². The Labute approximate surface area is 150 Å². The number of hydrogen-bond acceptors (Lipinski definition) is 4. The Kier molecular flexibility index (Phi) is 4.62. The molecule has 3 aliphatic rings. The molecule has 0 radical (unpaired) electrons. The fourth-order valence-corrected chi connectivity index (χ4v) is 3.34. The highest BCUT2D eigenvalue weighted by atomic mass is 17.3. The van der Waals surface area contributed by atoms with Crippen LogP contribution in [-0.2, 0) is 9.88 Å². The number of aliphatic imine (C=N–C) groups is 1. The Bertz CT molecular complexity index is 798. The molecule has 1 saturated carbocycles. The molecular formula is C19H20N3O4+. The third kappa shape index (κ3) is 3.30. The minimum Gasteiger partial charge on any atom is -0.266 e. The molecule has 26 heavy (non-hydrogen) atoms. The summed E-state index contributed by atoms with van der Waals surface area (Å²) in [6.07, 6.45) is 9.12. The Balaban J connectivity index is 1.51. The van der Waals surface area contributed by atoms with Crippen LogP contribution < -0.4 is 4.99 Å². The first kappa shape index (κ1) is 16.7. The Morgan fingerprint density at radius 3 is 2.31 bits per heavy atom. The lowest BCUT2D eigenvalue weighted by atomic mass is 10.1. The number of amidine groups is 1. The van der Waals surface area contributed by atoms with Gasteiger partial charge in [-0.1, -0.05) is 12.1 Å². The SMILES string of the molecule is O=C1c2ccccc2C(=O)N1OOC(N=C1CCCC1)=[NH+]C1=CCCC1. The molecule has 1 aromatic rings. The predicted molar refractivity (Wildman–Crippen MR) is 92.9 cm³/mol. The molecule has 0 bridgehead atoms. The van der Waals surface area contributed by atoms with Crippen LogP contribution in [0.5, 0.6) is 0 Å². The van der Waals surface area contributed by atoms with E-state index in [1.165, 1.54) is 0 Å². The van der Waals surface area contributed by atoms with Crippen LogP contribution in [0.2, 0.25) is 0 Å². The zero-order valence-corrected chi connectivity index (χ0v) is 14.4. The Hall–Kier alpha value is -2.80. The van der Waals surface area contributed by atoms with Gasteiger partial charge in [-0.3, -0.25) is 9.59 Å². The molecule has 2 amide bonds. The monoisotopic (exact) mass is 354 g/mol. The highest BCUT2D eigenvalue weighted by Gasteiger charge is 2.38. The lowest BCUT2D eigenvalue weighted by molar-refractivity contribution is -0.447. The van der Waals surface area contributed by atoms with Crippen molar-refractivity contribution in [3.8, 4) is 0 Å². The summed E-state index contributed by atoms with van der Waals surface area (Å²) in [4.78, 5) is 42.6. The highest BCUT2D eigenvalue weighted by molar-refractivity contribution is 6.20. The number of amides is 2. The number of hydrogen-bond donors (Lipinski definition) is 1. The number of nitrogens with one attached hydrogen (secondary N) is 1. The van der Waals surface area contributed by atoms with E-state index in [2.05, 4.69) is 16.1 Å². The molecule has 0 aromatic heterocycles. The first-order valence-corrected chi connectivity index (χ1v) is 8.94. The summed E-state index contributed by atoms with van der Waals surface area (Å²) in [5.74, 6) is -1.09. The zero-order valence-electron chi connectivity index (χ0n) is 14.4.